The molecule has 0 saturated heterocycles. The molecule has 0 aliphatic rings. The van der Waals surface area contributed by atoms with E-state index in [2.05, 4.69) is 0 Å². The highest BCUT2D eigenvalue weighted by atomic mass is 19.1. The Kier molecular flexibility index (Phi) is 5.64. The van der Waals surface area contributed by atoms with Crippen molar-refractivity contribution in [3.63, 3.8) is 0 Å². The molecule has 0 atom stereocenters. The van der Waals surface area contributed by atoms with E-state index in [9.17, 15) is 8.78 Å². The number of nitrogens with zero attached hydrogens (tertiary/aromatic N) is 1. The number of para-hydroxylation sites is 1. The molecular weight excluding hydrogens is 356 g/mol. The van der Waals surface area contributed by atoms with Crippen LogP contribution >= 0.6 is 0 Å². The van der Waals surface area contributed by atoms with Crippen molar-refractivity contribution >= 4 is 17.4 Å². The van der Waals surface area contributed by atoms with Gasteiger partial charge in [-0.2, -0.15) is 0 Å². The average Bonchev–Trinajstić information content (AvgIpc) is 2.69. The lowest BCUT2D eigenvalue weighted by Gasteiger charge is -2.28. The Labute approximate surface area is 163 Å². The lowest BCUT2D eigenvalue weighted by molar-refractivity contribution is 0.623. The molecule has 0 radical (unpaired) electrons. The second-order valence-electron chi connectivity index (χ2n) is 6.76. The summed E-state index contributed by atoms with van der Waals surface area (Å²) in [7, 11) is 0. The first-order valence-electron chi connectivity index (χ1n) is 8.96. The van der Waals surface area contributed by atoms with Crippen molar-refractivity contribution in [2.75, 3.05) is 4.90 Å². The summed E-state index contributed by atoms with van der Waals surface area (Å²) in [5, 5.41) is 17.5. The van der Waals surface area contributed by atoms with Crippen molar-refractivity contribution in [2.45, 2.75) is 19.8 Å². The Hall–Kier alpha value is -3.34. The zero-order valence-corrected chi connectivity index (χ0v) is 15.7. The van der Waals surface area contributed by atoms with Gasteiger partial charge >= 0.3 is 0 Å². The van der Waals surface area contributed by atoms with Crippen molar-refractivity contribution in [1.82, 2.24) is 0 Å². The lowest BCUT2D eigenvalue weighted by Crippen LogP contribution is -2.37. The summed E-state index contributed by atoms with van der Waals surface area (Å²) in [6, 6.07) is 19.0. The van der Waals surface area contributed by atoms with Crippen LogP contribution in [0.4, 0.5) is 14.5 Å². The van der Waals surface area contributed by atoms with Gasteiger partial charge in [-0.25, -0.2) is 8.78 Å². The molecule has 5 heteroatoms. The van der Waals surface area contributed by atoms with Gasteiger partial charge in [0.15, 0.2) is 0 Å². The zero-order valence-electron chi connectivity index (χ0n) is 15.7. The standard InChI is InChI=1S/C23H21F2N3/c1-15(2)21-14-18(25)12-13-20(21)23(27)28(19-6-4-3-5-7-19)22(26)16-8-10-17(24)11-9-16/h3-15,26-27H,1-2H3. The van der Waals surface area contributed by atoms with Crippen LogP contribution in [0.1, 0.15) is 36.5 Å². The molecule has 0 saturated carbocycles. The summed E-state index contributed by atoms with van der Waals surface area (Å²) in [4.78, 5) is 1.48. The minimum atomic E-state index is -0.390. The van der Waals surface area contributed by atoms with Crippen molar-refractivity contribution in [3.8, 4) is 0 Å². The van der Waals surface area contributed by atoms with Crippen molar-refractivity contribution in [1.29, 1.82) is 10.8 Å². The monoisotopic (exact) mass is 377 g/mol. The first-order chi connectivity index (χ1) is 13.4. The van der Waals surface area contributed by atoms with Gasteiger partial charge in [0, 0.05) is 16.8 Å². The van der Waals surface area contributed by atoms with E-state index in [1.807, 2.05) is 32.0 Å². The molecule has 3 nitrogen and oxygen atoms in total. The first kappa shape index (κ1) is 19.4. The van der Waals surface area contributed by atoms with Gasteiger partial charge in [0.2, 0.25) is 0 Å². The summed E-state index contributed by atoms with van der Waals surface area (Å²) < 4.78 is 27.1. The van der Waals surface area contributed by atoms with Crippen LogP contribution in [0.15, 0.2) is 72.8 Å². The third-order valence-electron chi connectivity index (χ3n) is 4.47. The first-order valence-corrected chi connectivity index (χ1v) is 8.96. The average molecular weight is 377 g/mol. The van der Waals surface area contributed by atoms with E-state index < -0.39 is 5.82 Å². The molecule has 3 rings (SSSR count). The van der Waals surface area contributed by atoms with Gasteiger partial charge in [-0.3, -0.25) is 15.7 Å². The van der Waals surface area contributed by atoms with E-state index in [0.717, 1.165) is 0 Å². The van der Waals surface area contributed by atoms with Crippen LogP contribution in [0.5, 0.6) is 0 Å². The minimum Gasteiger partial charge on any atom is -0.284 e. The summed E-state index contributed by atoms with van der Waals surface area (Å²) in [5.41, 5.74) is 2.34. The fraction of sp³-hybridized carbons (Fsp3) is 0.130. The number of amidine groups is 2. The Morgan fingerprint density at radius 1 is 0.786 bits per heavy atom. The normalized spacial score (nSPS) is 10.8. The van der Waals surface area contributed by atoms with E-state index in [1.54, 1.807) is 18.2 Å². The molecule has 0 aliphatic carbocycles. The van der Waals surface area contributed by atoms with Crippen molar-refractivity contribution < 1.29 is 8.78 Å². The highest BCUT2D eigenvalue weighted by molar-refractivity contribution is 6.27. The van der Waals surface area contributed by atoms with E-state index >= 15 is 0 Å². The highest BCUT2D eigenvalue weighted by Crippen LogP contribution is 2.26. The second-order valence-corrected chi connectivity index (χ2v) is 6.76. The third kappa shape index (κ3) is 3.98. The molecule has 0 amide bonds. The van der Waals surface area contributed by atoms with E-state index in [0.29, 0.717) is 22.4 Å². The van der Waals surface area contributed by atoms with Gasteiger partial charge in [0.25, 0.3) is 0 Å². The van der Waals surface area contributed by atoms with Gasteiger partial charge in [0.1, 0.15) is 23.3 Å². The van der Waals surface area contributed by atoms with Crippen LogP contribution in [0.25, 0.3) is 0 Å². The molecule has 28 heavy (non-hydrogen) atoms. The summed E-state index contributed by atoms with van der Waals surface area (Å²) in [5.74, 6) is -0.651. The van der Waals surface area contributed by atoms with Gasteiger partial charge in [-0.1, -0.05) is 32.0 Å². The van der Waals surface area contributed by atoms with Crippen LogP contribution in [0.3, 0.4) is 0 Å². The molecule has 0 unspecified atom stereocenters. The summed E-state index contributed by atoms with van der Waals surface area (Å²) in [6.07, 6.45) is 0. The number of halogens is 2. The smallest absolute Gasteiger partial charge is 0.138 e. The maximum absolute atomic E-state index is 13.8. The van der Waals surface area contributed by atoms with Gasteiger partial charge in [-0.15, -0.1) is 0 Å². The Bertz CT molecular complexity index is 996. The Morgan fingerprint density at radius 2 is 1.39 bits per heavy atom. The van der Waals surface area contributed by atoms with Crippen molar-refractivity contribution in [3.05, 3.63) is 101 Å². The highest BCUT2D eigenvalue weighted by Gasteiger charge is 2.23. The number of benzene rings is 3. The maximum Gasteiger partial charge on any atom is 0.138 e. The number of nitrogens with one attached hydrogen (secondary N) is 2. The molecule has 0 aromatic heterocycles. The van der Waals surface area contributed by atoms with Crippen LogP contribution in [0.2, 0.25) is 0 Å². The van der Waals surface area contributed by atoms with Crippen LogP contribution in [-0.2, 0) is 0 Å². The number of anilines is 1. The molecular formula is C23H21F2N3. The third-order valence-corrected chi connectivity index (χ3v) is 4.47. The minimum absolute atomic E-state index is 0.00341. The second kappa shape index (κ2) is 8.13. The fourth-order valence-corrected chi connectivity index (χ4v) is 3.03. The molecule has 0 fully saturated rings. The summed E-state index contributed by atoms with van der Waals surface area (Å²) in [6.45, 7) is 3.87. The molecule has 0 heterocycles. The van der Waals surface area contributed by atoms with E-state index in [4.69, 9.17) is 10.8 Å². The molecule has 2 N–H and O–H groups in total. The number of hydrogen-bond donors (Lipinski definition) is 2. The zero-order chi connectivity index (χ0) is 20.3. The quantitative estimate of drug-likeness (QED) is 0.429. The Balaban J connectivity index is 2.11. The maximum atomic E-state index is 13.8. The van der Waals surface area contributed by atoms with Crippen LogP contribution in [0, 0.1) is 22.5 Å². The largest absolute Gasteiger partial charge is 0.284 e. The van der Waals surface area contributed by atoms with E-state index in [1.165, 1.54) is 41.3 Å². The predicted molar refractivity (Wildman–Crippen MR) is 109 cm³/mol. The number of rotatable bonds is 4. The predicted octanol–water partition coefficient (Wildman–Crippen LogP) is 5.95. The number of hydrogen-bond acceptors (Lipinski definition) is 2. The van der Waals surface area contributed by atoms with Gasteiger partial charge in [0.05, 0.1) is 0 Å². The van der Waals surface area contributed by atoms with Crippen molar-refractivity contribution in [2.24, 2.45) is 0 Å². The molecule has 0 bridgehead atoms. The summed E-state index contributed by atoms with van der Waals surface area (Å²) >= 11 is 0. The molecule has 3 aromatic rings. The van der Waals surface area contributed by atoms with Gasteiger partial charge in [-0.05, 0) is 66.1 Å². The molecule has 0 spiro atoms. The van der Waals surface area contributed by atoms with Crippen LogP contribution in [-0.4, -0.2) is 11.7 Å². The fourth-order valence-electron chi connectivity index (χ4n) is 3.03. The lowest BCUT2D eigenvalue weighted by atomic mass is 9.95. The Morgan fingerprint density at radius 3 is 2.00 bits per heavy atom. The topological polar surface area (TPSA) is 50.9 Å². The molecule has 3 aromatic carbocycles. The van der Waals surface area contributed by atoms with E-state index in [-0.39, 0.29) is 23.4 Å². The molecule has 0 aliphatic heterocycles. The van der Waals surface area contributed by atoms with Crippen LogP contribution < -0.4 is 4.90 Å². The SMILES string of the molecule is CC(C)c1cc(F)ccc1C(=N)N(C(=N)c1ccc(F)cc1)c1ccccc1. The molecule has 142 valence electrons. The van der Waals surface area contributed by atoms with Gasteiger partial charge < -0.3 is 0 Å².